The van der Waals surface area contributed by atoms with Crippen LogP contribution < -0.4 is 10.1 Å². The van der Waals surface area contributed by atoms with Crippen LogP contribution in [0.2, 0.25) is 0 Å². The Morgan fingerprint density at radius 3 is 2.53 bits per heavy atom. The smallest absolute Gasteiger partial charge is 0.118 e. The quantitative estimate of drug-likeness (QED) is 0.869. The van der Waals surface area contributed by atoms with Crippen LogP contribution in [0.5, 0.6) is 5.75 Å². The standard InChI is InChI=1S/C14H21NO2/c1-10-13(8-9-17-10)14(15-2)11-4-6-12(16-3)7-5-11/h4-7,10,13-15H,8-9H2,1-3H3. The lowest BCUT2D eigenvalue weighted by Gasteiger charge is -2.26. The van der Waals surface area contributed by atoms with Crippen LogP contribution in [0.15, 0.2) is 24.3 Å². The average Bonchev–Trinajstić information content (AvgIpc) is 2.78. The number of hydrogen-bond donors (Lipinski definition) is 1. The summed E-state index contributed by atoms with van der Waals surface area (Å²) in [5.41, 5.74) is 1.30. The molecule has 0 aromatic heterocycles. The first-order valence-electron chi connectivity index (χ1n) is 6.19. The lowest BCUT2D eigenvalue weighted by Crippen LogP contribution is -2.29. The minimum atomic E-state index is 0.328. The molecule has 2 rings (SSSR count). The third-order valence-electron chi connectivity index (χ3n) is 3.65. The maximum absolute atomic E-state index is 5.65. The summed E-state index contributed by atoms with van der Waals surface area (Å²) in [4.78, 5) is 0. The van der Waals surface area contributed by atoms with Gasteiger partial charge >= 0.3 is 0 Å². The maximum Gasteiger partial charge on any atom is 0.118 e. The Hall–Kier alpha value is -1.06. The summed E-state index contributed by atoms with van der Waals surface area (Å²) in [5.74, 6) is 1.45. The number of benzene rings is 1. The van der Waals surface area contributed by atoms with Gasteiger partial charge in [0.05, 0.1) is 13.2 Å². The van der Waals surface area contributed by atoms with Crippen LogP contribution >= 0.6 is 0 Å². The summed E-state index contributed by atoms with van der Waals surface area (Å²) in [6, 6.07) is 8.65. The van der Waals surface area contributed by atoms with E-state index in [0.29, 0.717) is 18.1 Å². The van der Waals surface area contributed by atoms with Crippen LogP contribution in [-0.2, 0) is 4.74 Å². The molecule has 0 bridgehead atoms. The molecule has 0 amide bonds. The summed E-state index contributed by atoms with van der Waals surface area (Å²) in [6.45, 7) is 3.03. The van der Waals surface area contributed by atoms with E-state index in [9.17, 15) is 0 Å². The number of nitrogens with one attached hydrogen (secondary N) is 1. The lowest BCUT2D eigenvalue weighted by molar-refractivity contribution is 0.0963. The van der Waals surface area contributed by atoms with Crippen molar-refractivity contribution < 1.29 is 9.47 Å². The van der Waals surface area contributed by atoms with E-state index in [1.54, 1.807) is 7.11 Å². The van der Waals surface area contributed by atoms with Crippen molar-refractivity contribution in [3.63, 3.8) is 0 Å². The number of ether oxygens (including phenoxy) is 2. The number of hydrogen-bond acceptors (Lipinski definition) is 3. The van der Waals surface area contributed by atoms with Gasteiger partial charge in [-0.15, -0.1) is 0 Å². The summed E-state index contributed by atoms with van der Waals surface area (Å²) >= 11 is 0. The number of methoxy groups -OCH3 is 1. The Kier molecular flexibility index (Phi) is 4.02. The van der Waals surface area contributed by atoms with Crippen molar-refractivity contribution in [1.82, 2.24) is 5.32 Å². The molecule has 1 aliphatic heterocycles. The van der Waals surface area contributed by atoms with Crippen molar-refractivity contribution >= 4 is 0 Å². The molecule has 1 heterocycles. The highest BCUT2D eigenvalue weighted by molar-refractivity contribution is 5.29. The highest BCUT2D eigenvalue weighted by Crippen LogP contribution is 2.33. The van der Waals surface area contributed by atoms with Crippen molar-refractivity contribution in [2.45, 2.75) is 25.5 Å². The monoisotopic (exact) mass is 235 g/mol. The summed E-state index contributed by atoms with van der Waals surface area (Å²) < 4.78 is 10.8. The summed E-state index contributed by atoms with van der Waals surface area (Å²) in [7, 11) is 3.71. The Balaban J connectivity index is 2.16. The molecule has 1 N–H and O–H groups in total. The van der Waals surface area contributed by atoms with Crippen molar-refractivity contribution in [1.29, 1.82) is 0 Å². The fourth-order valence-electron chi connectivity index (χ4n) is 2.63. The van der Waals surface area contributed by atoms with Gasteiger partial charge in [-0.1, -0.05) is 12.1 Å². The van der Waals surface area contributed by atoms with Gasteiger partial charge in [0, 0.05) is 18.6 Å². The molecule has 3 atom stereocenters. The van der Waals surface area contributed by atoms with Gasteiger partial charge in [-0.3, -0.25) is 0 Å². The minimum absolute atomic E-state index is 0.328. The van der Waals surface area contributed by atoms with Crippen LogP contribution in [0, 0.1) is 5.92 Å². The molecule has 1 saturated heterocycles. The zero-order valence-corrected chi connectivity index (χ0v) is 10.8. The second-order valence-corrected chi connectivity index (χ2v) is 4.57. The molecular weight excluding hydrogens is 214 g/mol. The van der Waals surface area contributed by atoms with Crippen LogP contribution in [0.4, 0.5) is 0 Å². The molecule has 3 unspecified atom stereocenters. The highest BCUT2D eigenvalue weighted by Gasteiger charge is 2.31. The minimum Gasteiger partial charge on any atom is -0.497 e. The lowest BCUT2D eigenvalue weighted by atomic mass is 9.88. The molecule has 1 aliphatic rings. The van der Waals surface area contributed by atoms with E-state index >= 15 is 0 Å². The van der Waals surface area contributed by atoms with Crippen LogP contribution in [0.3, 0.4) is 0 Å². The molecular formula is C14H21NO2. The predicted octanol–water partition coefficient (Wildman–Crippen LogP) is 2.38. The first kappa shape index (κ1) is 12.4. The Morgan fingerprint density at radius 2 is 2.06 bits per heavy atom. The molecule has 17 heavy (non-hydrogen) atoms. The molecule has 3 nitrogen and oxygen atoms in total. The van der Waals surface area contributed by atoms with Gasteiger partial charge in [-0.2, -0.15) is 0 Å². The first-order chi connectivity index (χ1) is 8.26. The third-order valence-corrected chi connectivity index (χ3v) is 3.65. The van der Waals surface area contributed by atoms with Gasteiger partial charge < -0.3 is 14.8 Å². The van der Waals surface area contributed by atoms with Gasteiger partial charge in [-0.05, 0) is 38.1 Å². The Morgan fingerprint density at radius 1 is 1.35 bits per heavy atom. The van der Waals surface area contributed by atoms with Crippen molar-refractivity contribution in [3.05, 3.63) is 29.8 Å². The molecule has 3 heteroatoms. The van der Waals surface area contributed by atoms with E-state index in [2.05, 4.69) is 24.4 Å². The third kappa shape index (κ3) is 2.61. The van der Waals surface area contributed by atoms with E-state index in [-0.39, 0.29) is 0 Å². The van der Waals surface area contributed by atoms with Crippen molar-refractivity contribution in [3.8, 4) is 5.75 Å². The number of rotatable bonds is 4. The summed E-state index contributed by atoms with van der Waals surface area (Å²) in [6.07, 6.45) is 1.45. The van der Waals surface area contributed by atoms with Crippen LogP contribution in [0.25, 0.3) is 0 Å². The fourth-order valence-corrected chi connectivity index (χ4v) is 2.63. The first-order valence-corrected chi connectivity index (χ1v) is 6.19. The van der Waals surface area contributed by atoms with Crippen molar-refractivity contribution in [2.24, 2.45) is 5.92 Å². The van der Waals surface area contributed by atoms with E-state index < -0.39 is 0 Å². The highest BCUT2D eigenvalue weighted by atomic mass is 16.5. The van der Waals surface area contributed by atoms with Crippen molar-refractivity contribution in [2.75, 3.05) is 20.8 Å². The molecule has 0 spiro atoms. The fraction of sp³-hybridized carbons (Fsp3) is 0.571. The van der Waals surface area contributed by atoms with Gasteiger partial charge in [0.2, 0.25) is 0 Å². The largest absolute Gasteiger partial charge is 0.497 e. The van der Waals surface area contributed by atoms with Gasteiger partial charge in [0.25, 0.3) is 0 Å². The average molecular weight is 235 g/mol. The maximum atomic E-state index is 5.65. The van der Waals surface area contributed by atoms with Crippen LogP contribution in [0.1, 0.15) is 24.9 Å². The zero-order chi connectivity index (χ0) is 12.3. The topological polar surface area (TPSA) is 30.5 Å². The molecule has 1 fully saturated rings. The second kappa shape index (κ2) is 5.52. The predicted molar refractivity (Wildman–Crippen MR) is 68.3 cm³/mol. The molecule has 0 radical (unpaired) electrons. The molecule has 0 saturated carbocycles. The van der Waals surface area contributed by atoms with Crippen LogP contribution in [-0.4, -0.2) is 26.9 Å². The second-order valence-electron chi connectivity index (χ2n) is 4.57. The normalized spacial score (nSPS) is 25.8. The van der Waals surface area contributed by atoms with Gasteiger partial charge in [-0.25, -0.2) is 0 Å². The Bertz CT molecular complexity index is 350. The summed E-state index contributed by atoms with van der Waals surface area (Å²) in [5, 5.41) is 3.41. The van der Waals surface area contributed by atoms with E-state index in [0.717, 1.165) is 18.8 Å². The Labute approximate surface area is 103 Å². The van der Waals surface area contributed by atoms with E-state index in [4.69, 9.17) is 9.47 Å². The van der Waals surface area contributed by atoms with Gasteiger partial charge in [0.1, 0.15) is 5.75 Å². The van der Waals surface area contributed by atoms with Gasteiger partial charge in [0.15, 0.2) is 0 Å². The van der Waals surface area contributed by atoms with E-state index in [1.165, 1.54) is 5.56 Å². The zero-order valence-electron chi connectivity index (χ0n) is 10.8. The molecule has 1 aromatic carbocycles. The molecule has 94 valence electrons. The van der Waals surface area contributed by atoms with E-state index in [1.807, 2.05) is 19.2 Å². The SMILES string of the molecule is CNC(c1ccc(OC)cc1)C1CCOC1C. The molecule has 1 aromatic rings. The molecule has 0 aliphatic carbocycles.